The first kappa shape index (κ1) is 28.9. The molecule has 0 aliphatic carbocycles. The summed E-state index contributed by atoms with van der Waals surface area (Å²) in [5, 5.41) is 25.6. The molecule has 0 saturated heterocycles. The standard InChI is InChI=1S/C24H20F3N5O6S/c1-23(2,3)20-12-16(17(13-28)21(31-20)38-39(36,37)24(25,26)27)14-8-10-15(11-9-14)29-22(33)30-18-6-4-5-7-19(18)32(34)35/h4-12H,1-3H3,(H2,29,30,33). The van der Waals surface area contributed by atoms with Gasteiger partial charge in [0.2, 0.25) is 0 Å². The lowest BCUT2D eigenvalue weighted by Gasteiger charge is -2.21. The van der Waals surface area contributed by atoms with Crippen LogP contribution in [0.15, 0.2) is 54.6 Å². The topological polar surface area (TPSA) is 164 Å². The van der Waals surface area contributed by atoms with Gasteiger partial charge in [-0.25, -0.2) is 9.78 Å². The Morgan fingerprint density at radius 1 is 1.08 bits per heavy atom. The van der Waals surface area contributed by atoms with E-state index in [2.05, 4.69) is 19.8 Å². The van der Waals surface area contributed by atoms with Crippen molar-refractivity contribution in [1.29, 1.82) is 5.26 Å². The first-order valence-electron chi connectivity index (χ1n) is 10.9. The van der Waals surface area contributed by atoms with E-state index >= 15 is 0 Å². The van der Waals surface area contributed by atoms with Crippen molar-refractivity contribution in [1.82, 2.24) is 4.98 Å². The van der Waals surface area contributed by atoms with Crippen molar-refractivity contribution in [3.05, 3.63) is 76.0 Å². The maximum Gasteiger partial charge on any atom is 0.534 e. The Morgan fingerprint density at radius 2 is 1.69 bits per heavy atom. The second kappa shape index (κ2) is 10.6. The first-order chi connectivity index (χ1) is 18.0. The fraction of sp³-hybridized carbons (Fsp3) is 0.208. The molecule has 0 bridgehead atoms. The molecule has 2 N–H and O–H groups in total. The molecule has 1 aromatic heterocycles. The van der Waals surface area contributed by atoms with Crippen LogP contribution in [0.4, 0.5) is 35.0 Å². The Labute approximate surface area is 220 Å². The van der Waals surface area contributed by atoms with Crippen molar-refractivity contribution in [3.8, 4) is 23.1 Å². The van der Waals surface area contributed by atoms with Gasteiger partial charge in [-0.2, -0.15) is 26.9 Å². The van der Waals surface area contributed by atoms with Gasteiger partial charge in [-0.1, -0.05) is 45.0 Å². The molecule has 2 aromatic carbocycles. The third-order valence-corrected chi connectivity index (χ3v) is 6.09. The van der Waals surface area contributed by atoms with Crippen LogP contribution in [0.1, 0.15) is 32.0 Å². The van der Waals surface area contributed by atoms with E-state index in [1.54, 1.807) is 26.8 Å². The quantitative estimate of drug-likeness (QED) is 0.167. The highest BCUT2D eigenvalue weighted by atomic mass is 32.2. The summed E-state index contributed by atoms with van der Waals surface area (Å²) >= 11 is 0. The average molecular weight is 564 g/mol. The number of pyridine rings is 1. The summed E-state index contributed by atoms with van der Waals surface area (Å²) in [6.07, 6.45) is 0. The molecule has 0 unspecified atom stereocenters. The van der Waals surface area contributed by atoms with Gasteiger partial charge in [0.1, 0.15) is 17.3 Å². The number of carbonyl (C=O) groups excluding carboxylic acids is 1. The number of rotatable bonds is 6. The second-order valence-electron chi connectivity index (χ2n) is 9.01. The van der Waals surface area contributed by atoms with E-state index in [1.807, 2.05) is 0 Å². The van der Waals surface area contributed by atoms with Gasteiger partial charge in [0.25, 0.3) is 11.6 Å². The lowest BCUT2D eigenvalue weighted by Crippen LogP contribution is -2.29. The summed E-state index contributed by atoms with van der Waals surface area (Å²) in [4.78, 5) is 26.7. The van der Waals surface area contributed by atoms with Crippen LogP contribution in [-0.4, -0.2) is 29.9 Å². The Kier molecular flexibility index (Phi) is 7.82. The minimum Gasteiger partial charge on any atom is -0.354 e. The monoisotopic (exact) mass is 563 g/mol. The molecule has 0 fully saturated rings. The van der Waals surface area contributed by atoms with Gasteiger partial charge in [-0.05, 0) is 29.8 Å². The first-order valence-corrected chi connectivity index (χ1v) is 12.3. The van der Waals surface area contributed by atoms with E-state index in [1.165, 1.54) is 54.6 Å². The number of nitriles is 1. The van der Waals surface area contributed by atoms with Gasteiger partial charge in [-0.15, -0.1) is 0 Å². The summed E-state index contributed by atoms with van der Waals surface area (Å²) in [6.45, 7) is 5.03. The van der Waals surface area contributed by atoms with E-state index < -0.39 is 43.4 Å². The zero-order chi connectivity index (χ0) is 29.2. The summed E-state index contributed by atoms with van der Waals surface area (Å²) in [5.74, 6) is -1.02. The SMILES string of the molecule is CC(C)(C)c1cc(-c2ccc(NC(=O)Nc3ccccc3[N+](=O)[O-])cc2)c(C#N)c(OS(=O)(=O)C(F)(F)F)n1. The number of para-hydroxylation sites is 2. The second-order valence-corrected chi connectivity index (χ2v) is 10.5. The molecule has 2 amide bonds. The molecule has 0 spiro atoms. The smallest absolute Gasteiger partial charge is 0.354 e. The number of nitro groups is 1. The zero-order valence-corrected chi connectivity index (χ0v) is 21.3. The largest absolute Gasteiger partial charge is 0.534 e. The number of aromatic nitrogens is 1. The zero-order valence-electron chi connectivity index (χ0n) is 20.5. The average Bonchev–Trinajstić information content (AvgIpc) is 2.82. The number of alkyl halides is 3. The lowest BCUT2D eigenvalue weighted by atomic mass is 9.88. The van der Waals surface area contributed by atoms with E-state index in [-0.39, 0.29) is 33.9 Å². The summed E-state index contributed by atoms with van der Waals surface area (Å²) in [6, 6.07) is 13.4. The molecule has 204 valence electrons. The van der Waals surface area contributed by atoms with Crippen LogP contribution in [0.3, 0.4) is 0 Å². The third kappa shape index (κ3) is 6.60. The van der Waals surface area contributed by atoms with Crippen molar-refractivity contribution in [2.24, 2.45) is 0 Å². The van der Waals surface area contributed by atoms with E-state index in [0.717, 1.165) is 0 Å². The molecule has 3 rings (SSSR count). The van der Waals surface area contributed by atoms with E-state index in [9.17, 15) is 41.8 Å². The van der Waals surface area contributed by atoms with Gasteiger partial charge < -0.3 is 14.8 Å². The third-order valence-electron chi connectivity index (χ3n) is 5.14. The van der Waals surface area contributed by atoms with Gasteiger partial charge in [-0.3, -0.25) is 10.1 Å². The highest BCUT2D eigenvalue weighted by Crippen LogP contribution is 2.36. The van der Waals surface area contributed by atoms with Crippen molar-refractivity contribution >= 4 is 33.2 Å². The van der Waals surface area contributed by atoms with Gasteiger partial charge in [0.15, 0.2) is 0 Å². The van der Waals surface area contributed by atoms with Crippen LogP contribution in [0, 0.1) is 21.4 Å². The summed E-state index contributed by atoms with van der Waals surface area (Å²) in [5.41, 5.74) is -6.72. The number of nitrogens with one attached hydrogen (secondary N) is 2. The molecule has 11 nitrogen and oxygen atoms in total. The van der Waals surface area contributed by atoms with Crippen LogP contribution >= 0.6 is 0 Å². The fourth-order valence-corrected chi connectivity index (χ4v) is 3.63. The van der Waals surface area contributed by atoms with Crippen LogP contribution in [0.2, 0.25) is 0 Å². The number of urea groups is 1. The molecule has 0 aliphatic rings. The highest BCUT2D eigenvalue weighted by Gasteiger charge is 2.49. The number of nitrogens with zero attached hydrogens (tertiary/aromatic N) is 3. The van der Waals surface area contributed by atoms with Crippen molar-refractivity contribution in [2.45, 2.75) is 31.7 Å². The predicted molar refractivity (Wildman–Crippen MR) is 134 cm³/mol. The Bertz CT molecular complexity index is 1580. The minimum absolute atomic E-state index is 0.0388. The van der Waals surface area contributed by atoms with Crippen LogP contribution in [0.25, 0.3) is 11.1 Å². The molecule has 0 aliphatic heterocycles. The number of benzene rings is 2. The molecule has 15 heteroatoms. The molecule has 0 atom stereocenters. The maximum absolute atomic E-state index is 13.0. The molecule has 3 aromatic rings. The van der Waals surface area contributed by atoms with E-state index in [4.69, 9.17) is 0 Å². The lowest BCUT2D eigenvalue weighted by molar-refractivity contribution is -0.383. The number of amides is 2. The highest BCUT2D eigenvalue weighted by molar-refractivity contribution is 7.88. The molecular formula is C24H20F3N5O6S. The number of hydrogen-bond acceptors (Lipinski definition) is 8. The summed E-state index contributed by atoms with van der Waals surface area (Å²) in [7, 11) is -6.11. The molecular weight excluding hydrogens is 543 g/mol. The number of halogens is 3. The van der Waals surface area contributed by atoms with Crippen molar-refractivity contribution < 1.29 is 35.5 Å². The number of hydrogen-bond donors (Lipinski definition) is 2. The Hall–Kier alpha value is -4.71. The minimum atomic E-state index is -6.11. The van der Waals surface area contributed by atoms with Gasteiger partial charge in [0.05, 0.1) is 10.6 Å². The molecule has 0 saturated carbocycles. The summed E-state index contributed by atoms with van der Waals surface area (Å²) < 4.78 is 66.4. The van der Waals surface area contributed by atoms with Gasteiger partial charge >= 0.3 is 21.7 Å². The maximum atomic E-state index is 13.0. The Balaban J connectivity index is 1.96. The molecule has 0 radical (unpaired) electrons. The van der Waals surface area contributed by atoms with Crippen molar-refractivity contribution in [3.63, 3.8) is 0 Å². The fourth-order valence-electron chi connectivity index (χ4n) is 3.21. The molecule has 1 heterocycles. The van der Waals surface area contributed by atoms with Crippen LogP contribution in [0.5, 0.6) is 5.88 Å². The Morgan fingerprint density at radius 3 is 2.23 bits per heavy atom. The number of carbonyl (C=O) groups is 1. The van der Waals surface area contributed by atoms with Crippen molar-refractivity contribution in [2.75, 3.05) is 10.6 Å². The predicted octanol–water partition coefficient (Wildman–Crippen LogP) is 5.70. The van der Waals surface area contributed by atoms with Crippen LogP contribution < -0.4 is 14.8 Å². The molecule has 39 heavy (non-hydrogen) atoms. The number of anilines is 2. The van der Waals surface area contributed by atoms with E-state index in [0.29, 0.717) is 0 Å². The normalized spacial score (nSPS) is 11.8. The van der Waals surface area contributed by atoms with Crippen LogP contribution in [-0.2, 0) is 15.5 Å². The number of nitro benzene ring substituents is 1. The van der Waals surface area contributed by atoms with Gasteiger partial charge in [0, 0.05) is 22.7 Å².